The van der Waals surface area contributed by atoms with Crippen molar-refractivity contribution in [3.63, 3.8) is 0 Å². The van der Waals surface area contributed by atoms with Crippen LogP contribution in [0.15, 0.2) is 80.3 Å². The molecule has 0 saturated carbocycles. The first-order valence-electron chi connectivity index (χ1n) is 23.6. The molecule has 12 nitrogen and oxygen atoms in total. The lowest BCUT2D eigenvalue weighted by atomic mass is 10.1. The first kappa shape index (κ1) is 56.8. The van der Waals surface area contributed by atoms with Gasteiger partial charge in [0.15, 0.2) is 0 Å². The predicted octanol–water partition coefficient (Wildman–Crippen LogP) is 9.61. The molecule has 0 N–H and O–H groups in total. The van der Waals surface area contributed by atoms with Gasteiger partial charge in [0.25, 0.3) is 0 Å². The number of nitrogens with zero attached hydrogens (tertiary/aromatic N) is 4. The molecule has 4 aromatic rings. The zero-order chi connectivity index (χ0) is 51.1. The lowest BCUT2D eigenvalue weighted by molar-refractivity contribution is 0.384. The second-order valence-corrected chi connectivity index (χ2v) is 26.0. The van der Waals surface area contributed by atoms with E-state index in [1.54, 1.807) is 81.4 Å². The van der Waals surface area contributed by atoms with E-state index in [2.05, 4.69) is 0 Å². The minimum Gasteiger partial charge on any atom is -0.207 e. The van der Waals surface area contributed by atoms with Crippen molar-refractivity contribution >= 4 is 40.1 Å². The van der Waals surface area contributed by atoms with Crippen LogP contribution in [0.25, 0.3) is 0 Å². The third-order valence-electron chi connectivity index (χ3n) is 12.4. The highest BCUT2D eigenvalue weighted by Gasteiger charge is 2.31. The summed E-state index contributed by atoms with van der Waals surface area (Å²) < 4.78 is 120. The highest BCUT2D eigenvalue weighted by molar-refractivity contribution is 7.90. The van der Waals surface area contributed by atoms with Gasteiger partial charge in [0.2, 0.25) is 40.1 Å². The van der Waals surface area contributed by atoms with E-state index in [-0.39, 0.29) is 62.1 Å². The zero-order valence-corrected chi connectivity index (χ0v) is 46.2. The van der Waals surface area contributed by atoms with E-state index >= 15 is 0 Å². The largest absolute Gasteiger partial charge is 0.243 e. The van der Waals surface area contributed by atoms with Crippen molar-refractivity contribution in [3.05, 3.63) is 127 Å². The van der Waals surface area contributed by atoms with Crippen molar-refractivity contribution in [2.24, 2.45) is 0 Å². The van der Waals surface area contributed by atoms with Gasteiger partial charge >= 0.3 is 0 Å². The molecule has 68 heavy (non-hydrogen) atoms. The van der Waals surface area contributed by atoms with E-state index < -0.39 is 40.1 Å². The Hall–Kier alpha value is -3.74. The molecule has 0 aliphatic rings. The molecule has 0 unspecified atom stereocenters. The van der Waals surface area contributed by atoms with E-state index in [1.165, 1.54) is 17.2 Å². The Bertz CT molecular complexity index is 2660. The lowest BCUT2D eigenvalue weighted by Gasteiger charge is -2.26. The van der Waals surface area contributed by atoms with Gasteiger partial charge in [-0.2, -0.15) is 17.2 Å². The molecule has 0 fully saturated rings. The minimum atomic E-state index is -4.06. The van der Waals surface area contributed by atoms with E-state index in [0.29, 0.717) is 80.0 Å². The van der Waals surface area contributed by atoms with Crippen LogP contribution in [0.2, 0.25) is 0 Å². The van der Waals surface area contributed by atoms with Crippen LogP contribution in [0.3, 0.4) is 0 Å². The third kappa shape index (κ3) is 13.2. The summed E-state index contributed by atoms with van der Waals surface area (Å²) in [5, 5.41) is 0. The van der Waals surface area contributed by atoms with Crippen molar-refractivity contribution in [2.45, 2.75) is 142 Å². The van der Waals surface area contributed by atoms with Crippen molar-refractivity contribution < 1.29 is 33.7 Å². The summed E-state index contributed by atoms with van der Waals surface area (Å²) in [5.41, 5.74) is 9.02. The number of sulfonamides is 4. The molecule has 0 aliphatic carbocycles. The number of hydrogen-bond donors (Lipinski definition) is 0. The van der Waals surface area contributed by atoms with Gasteiger partial charge in [0.05, 0.1) is 19.6 Å². The van der Waals surface area contributed by atoms with Crippen LogP contribution >= 0.6 is 0 Å². The fourth-order valence-corrected chi connectivity index (χ4v) is 17.3. The molecule has 0 amide bonds. The van der Waals surface area contributed by atoms with Gasteiger partial charge in [-0.1, -0.05) is 96.8 Å². The number of benzene rings is 4. The van der Waals surface area contributed by atoms with Crippen LogP contribution in [-0.2, 0) is 40.1 Å². The van der Waals surface area contributed by atoms with Crippen molar-refractivity contribution in [3.8, 4) is 0 Å². The maximum absolute atomic E-state index is 14.6. The first-order chi connectivity index (χ1) is 31.6. The summed E-state index contributed by atoms with van der Waals surface area (Å²) in [6.07, 6.45) is 4.90. The average Bonchev–Trinajstić information content (AvgIpc) is 3.18. The van der Waals surface area contributed by atoms with Crippen LogP contribution in [0, 0.1) is 83.1 Å². The quantitative estimate of drug-likeness (QED) is 0.0498. The minimum absolute atomic E-state index is 0.0513. The smallest absolute Gasteiger partial charge is 0.207 e. The summed E-state index contributed by atoms with van der Waals surface area (Å²) in [7, 11) is -15.8. The highest BCUT2D eigenvalue weighted by Crippen LogP contribution is 2.30. The van der Waals surface area contributed by atoms with Crippen LogP contribution < -0.4 is 0 Å². The monoisotopic (exact) mass is 1010 g/mol. The maximum Gasteiger partial charge on any atom is 0.243 e. The van der Waals surface area contributed by atoms with Gasteiger partial charge in [-0.25, -0.2) is 33.7 Å². The molecule has 0 atom stereocenters. The Morgan fingerprint density at radius 3 is 0.691 bits per heavy atom. The Morgan fingerprint density at radius 1 is 0.324 bits per heavy atom. The topological polar surface area (TPSA) is 150 Å². The fourth-order valence-electron chi connectivity index (χ4n) is 9.86. The summed E-state index contributed by atoms with van der Waals surface area (Å²) >= 11 is 0. The molecule has 4 aromatic carbocycles. The van der Waals surface area contributed by atoms with Crippen molar-refractivity contribution in [1.82, 2.24) is 17.2 Å². The Balaban J connectivity index is 1.61. The number of aryl methyl sites for hydroxylation is 12. The molecule has 0 aliphatic heterocycles. The first-order valence-corrected chi connectivity index (χ1v) is 29.4. The highest BCUT2D eigenvalue weighted by atomic mass is 32.2. The van der Waals surface area contributed by atoms with Gasteiger partial charge in [-0.3, -0.25) is 0 Å². The molecule has 0 saturated heterocycles. The van der Waals surface area contributed by atoms with Gasteiger partial charge in [-0.15, -0.1) is 0 Å². The molecule has 4 rings (SSSR count). The number of hydrogen-bond acceptors (Lipinski definition) is 8. The number of unbranched alkanes of at least 4 members (excludes halogenated alkanes) is 2. The third-order valence-corrected chi connectivity index (χ3v) is 21.3. The lowest BCUT2D eigenvalue weighted by Crippen LogP contribution is -2.36. The predicted molar refractivity (Wildman–Crippen MR) is 277 cm³/mol. The van der Waals surface area contributed by atoms with E-state index in [1.807, 2.05) is 76.2 Å². The van der Waals surface area contributed by atoms with Gasteiger partial charge in [0.1, 0.15) is 0 Å². The summed E-state index contributed by atoms with van der Waals surface area (Å²) in [4.78, 5) is 1.02. The Morgan fingerprint density at radius 2 is 0.500 bits per heavy atom. The second kappa shape index (κ2) is 23.4. The average molecular weight is 1010 g/mol. The SMILES string of the molecule is CCN(CCCCN(C/C=C/CN(CCCCN(CC)S(=O)(=O)c1c(C)cc(C)cc1C)S(=O)(=O)c1c(C)cc(C)cc1C)S(=O)(=O)c1c(C)cc(C)cc1C)S(=O)(=O)c1c(C)cc(C)cc1C. The molecule has 0 aromatic heterocycles. The molecule has 16 heteroatoms. The number of rotatable bonds is 24. The van der Waals surface area contributed by atoms with E-state index in [4.69, 9.17) is 0 Å². The summed E-state index contributed by atoms with van der Waals surface area (Å²) in [6, 6.07) is 14.8. The van der Waals surface area contributed by atoms with Gasteiger partial charge in [0, 0.05) is 52.4 Å². The molecule has 376 valence electrons. The normalized spacial score (nSPS) is 13.0. The molecule has 0 bridgehead atoms. The fraction of sp³-hybridized carbons (Fsp3) is 0.500. The summed E-state index contributed by atoms with van der Waals surface area (Å²) in [6.45, 7) is 26.6. The van der Waals surface area contributed by atoms with Crippen LogP contribution in [0.5, 0.6) is 0 Å². The van der Waals surface area contributed by atoms with E-state index in [9.17, 15) is 33.7 Å². The van der Waals surface area contributed by atoms with Crippen molar-refractivity contribution in [2.75, 3.05) is 52.4 Å². The molecule has 0 radical (unpaired) electrons. The Kier molecular flexibility index (Phi) is 19.6. The van der Waals surface area contributed by atoms with Crippen molar-refractivity contribution in [1.29, 1.82) is 0 Å². The molecular formula is C52H76N4O8S4. The molecule has 0 spiro atoms. The van der Waals surface area contributed by atoms with E-state index in [0.717, 1.165) is 22.3 Å². The summed E-state index contributed by atoms with van der Waals surface area (Å²) in [5.74, 6) is 0. The maximum atomic E-state index is 14.6. The van der Waals surface area contributed by atoms with Gasteiger partial charge in [-0.05, 0) is 153 Å². The van der Waals surface area contributed by atoms with Crippen LogP contribution in [0.1, 0.15) is 106 Å². The van der Waals surface area contributed by atoms with Crippen LogP contribution in [-0.4, -0.2) is 103 Å². The standard InChI is InChI=1S/C52H76N4O8S4/c1-15-53(65(57,58)49-41(7)29-37(3)30-42(49)8)23-17-19-25-55(67(61,62)51-45(11)33-39(5)34-46(51)12)27-21-22-28-56(68(63,64)52-47(13)35-40(6)36-48(52)14)26-20-18-24-54(16-2)66(59,60)50-43(9)31-38(4)32-44(50)10/h21-22,29-36H,15-20,23-28H2,1-14H3/b22-21+. The molecular weight excluding hydrogens is 937 g/mol. The van der Waals surface area contributed by atoms with Gasteiger partial charge < -0.3 is 0 Å². The second-order valence-electron chi connectivity index (χ2n) is 18.5. The molecule has 0 heterocycles. The van der Waals surface area contributed by atoms with Crippen LogP contribution in [0.4, 0.5) is 0 Å². The Labute approximate surface area is 410 Å². The zero-order valence-electron chi connectivity index (χ0n) is 42.9.